The van der Waals surface area contributed by atoms with Gasteiger partial charge in [-0.1, -0.05) is 18.2 Å². The molecule has 31 heavy (non-hydrogen) atoms. The maximum atomic E-state index is 12.9. The molecule has 6 nitrogen and oxygen atoms in total. The van der Waals surface area contributed by atoms with Gasteiger partial charge in [-0.25, -0.2) is 4.98 Å². The summed E-state index contributed by atoms with van der Waals surface area (Å²) in [4.78, 5) is 33.9. The van der Waals surface area contributed by atoms with E-state index in [4.69, 9.17) is 0 Å². The fourth-order valence-corrected chi connectivity index (χ4v) is 4.50. The highest BCUT2D eigenvalue weighted by Gasteiger charge is 2.30. The third-order valence-electron chi connectivity index (χ3n) is 5.77. The molecule has 2 heterocycles. The van der Waals surface area contributed by atoms with E-state index in [1.807, 2.05) is 29.7 Å². The van der Waals surface area contributed by atoms with E-state index in [-0.39, 0.29) is 17.7 Å². The predicted octanol–water partition coefficient (Wildman–Crippen LogP) is 4.78. The number of hydrogen-bond acceptors (Lipinski definition) is 5. The minimum Gasteiger partial charge on any atom is -0.339 e. The van der Waals surface area contributed by atoms with Crippen molar-refractivity contribution >= 4 is 34.0 Å². The third-order valence-corrected chi connectivity index (χ3v) is 6.52. The molecule has 1 saturated heterocycles. The van der Waals surface area contributed by atoms with Crippen molar-refractivity contribution in [2.75, 3.05) is 31.5 Å². The van der Waals surface area contributed by atoms with E-state index in [0.29, 0.717) is 49.8 Å². The van der Waals surface area contributed by atoms with Gasteiger partial charge in [-0.3, -0.25) is 9.59 Å². The summed E-state index contributed by atoms with van der Waals surface area (Å²) >= 11 is 1.43. The Morgan fingerprint density at radius 1 is 1.26 bits per heavy atom. The minimum atomic E-state index is -0.0652. The van der Waals surface area contributed by atoms with Gasteiger partial charge in [0.15, 0.2) is 5.13 Å². The molecule has 1 fully saturated rings. The van der Waals surface area contributed by atoms with Crippen molar-refractivity contribution in [1.82, 2.24) is 14.8 Å². The smallest absolute Gasteiger partial charge is 0.273 e. The Morgan fingerprint density at radius 2 is 1.97 bits per heavy atom. The van der Waals surface area contributed by atoms with Crippen LogP contribution in [0.15, 0.2) is 35.7 Å². The van der Waals surface area contributed by atoms with Gasteiger partial charge in [0, 0.05) is 43.2 Å². The lowest BCUT2D eigenvalue weighted by Crippen LogP contribution is -2.44. The number of aromatic nitrogens is 1. The van der Waals surface area contributed by atoms with Crippen molar-refractivity contribution in [3.63, 3.8) is 0 Å². The van der Waals surface area contributed by atoms with Gasteiger partial charge >= 0.3 is 0 Å². The Hall–Kier alpha value is -2.67. The molecule has 1 aliphatic heterocycles. The van der Waals surface area contributed by atoms with Gasteiger partial charge in [0.2, 0.25) is 5.91 Å². The molecule has 1 aromatic carbocycles. The van der Waals surface area contributed by atoms with Crippen molar-refractivity contribution in [3.05, 3.63) is 52.6 Å². The lowest BCUT2D eigenvalue weighted by Gasteiger charge is -2.33. The molecule has 2 aromatic rings. The van der Waals surface area contributed by atoms with Gasteiger partial charge in [0.05, 0.1) is 0 Å². The molecule has 1 aliphatic rings. The fraction of sp³-hybridized carbons (Fsp3) is 0.458. The van der Waals surface area contributed by atoms with Crippen LogP contribution in [0.4, 0.5) is 10.8 Å². The van der Waals surface area contributed by atoms with Crippen molar-refractivity contribution in [2.24, 2.45) is 5.92 Å². The average molecular weight is 441 g/mol. The second kappa shape index (κ2) is 10.1. The molecule has 1 N–H and O–H groups in total. The van der Waals surface area contributed by atoms with Crippen LogP contribution in [-0.4, -0.2) is 52.8 Å². The number of hydrogen-bond donors (Lipinski definition) is 1. The minimum absolute atomic E-state index is 0.0270. The number of piperidine rings is 1. The standard InChI is InChI=1S/C24H32N4O2S/c1-6-27(14-16(2)3)22(29)19-9-11-28(12-10-19)23(30)21-15-31-24(26-21)25-20-8-7-17(4)18(5)13-20/h7-8,13,15,19H,2,6,9-12,14H2,1,3-5H3,(H,25,26). The number of rotatable bonds is 7. The van der Waals surface area contributed by atoms with E-state index in [1.165, 1.54) is 22.5 Å². The Labute approximate surface area is 189 Å². The van der Waals surface area contributed by atoms with E-state index in [0.717, 1.165) is 11.3 Å². The molecule has 166 valence electrons. The lowest BCUT2D eigenvalue weighted by atomic mass is 9.95. The molecular weight excluding hydrogens is 408 g/mol. The first-order valence-electron chi connectivity index (χ1n) is 10.8. The molecule has 3 rings (SSSR count). The van der Waals surface area contributed by atoms with Crippen LogP contribution in [0, 0.1) is 19.8 Å². The number of amides is 2. The quantitative estimate of drug-likeness (QED) is 0.629. The molecule has 1 aromatic heterocycles. The van der Waals surface area contributed by atoms with E-state index >= 15 is 0 Å². The summed E-state index contributed by atoms with van der Waals surface area (Å²) in [5.41, 5.74) is 4.85. The molecule has 0 aliphatic carbocycles. The highest BCUT2D eigenvalue weighted by atomic mass is 32.1. The average Bonchev–Trinajstić information content (AvgIpc) is 3.22. The van der Waals surface area contributed by atoms with Crippen LogP contribution >= 0.6 is 11.3 Å². The van der Waals surface area contributed by atoms with Crippen LogP contribution in [0.25, 0.3) is 0 Å². The molecule has 2 amide bonds. The first-order chi connectivity index (χ1) is 14.8. The Balaban J connectivity index is 1.56. The second-order valence-corrected chi connectivity index (χ2v) is 9.20. The Morgan fingerprint density at radius 3 is 2.58 bits per heavy atom. The lowest BCUT2D eigenvalue weighted by molar-refractivity contribution is -0.136. The summed E-state index contributed by atoms with van der Waals surface area (Å²) in [6.45, 7) is 14.4. The van der Waals surface area contributed by atoms with Gasteiger partial charge in [-0.2, -0.15) is 0 Å². The van der Waals surface area contributed by atoms with Crippen LogP contribution in [0.5, 0.6) is 0 Å². The molecule has 7 heteroatoms. The summed E-state index contributed by atoms with van der Waals surface area (Å²) in [7, 11) is 0. The van der Waals surface area contributed by atoms with Crippen molar-refractivity contribution in [1.29, 1.82) is 0 Å². The van der Waals surface area contributed by atoms with E-state index in [2.05, 4.69) is 42.9 Å². The van der Waals surface area contributed by atoms with Gasteiger partial charge < -0.3 is 15.1 Å². The molecule has 0 saturated carbocycles. The topological polar surface area (TPSA) is 65.5 Å². The highest BCUT2D eigenvalue weighted by molar-refractivity contribution is 7.14. The number of nitrogens with zero attached hydrogens (tertiary/aromatic N) is 3. The fourth-order valence-electron chi connectivity index (χ4n) is 3.79. The van der Waals surface area contributed by atoms with Crippen LogP contribution in [-0.2, 0) is 4.79 Å². The Kier molecular flexibility index (Phi) is 7.49. The number of benzene rings is 1. The summed E-state index contributed by atoms with van der Waals surface area (Å²) < 4.78 is 0. The second-order valence-electron chi connectivity index (χ2n) is 8.34. The van der Waals surface area contributed by atoms with E-state index in [1.54, 1.807) is 5.38 Å². The zero-order chi connectivity index (χ0) is 22.5. The third kappa shape index (κ3) is 5.73. The first kappa shape index (κ1) is 23.0. The van der Waals surface area contributed by atoms with Crippen molar-refractivity contribution in [2.45, 2.75) is 40.5 Å². The number of carbonyl (C=O) groups is 2. The van der Waals surface area contributed by atoms with Crippen molar-refractivity contribution in [3.8, 4) is 0 Å². The number of nitrogens with one attached hydrogen (secondary N) is 1. The largest absolute Gasteiger partial charge is 0.339 e. The molecule has 0 unspecified atom stereocenters. The van der Waals surface area contributed by atoms with Crippen molar-refractivity contribution < 1.29 is 9.59 Å². The number of carbonyl (C=O) groups excluding carboxylic acids is 2. The summed E-state index contributed by atoms with van der Waals surface area (Å²) in [5, 5.41) is 5.79. The number of likely N-dealkylation sites (tertiary alicyclic amines) is 1. The van der Waals surface area contributed by atoms with Gasteiger partial charge in [0.1, 0.15) is 5.69 Å². The molecule has 0 bridgehead atoms. The monoisotopic (exact) mass is 440 g/mol. The molecule has 0 atom stereocenters. The molecule has 0 spiro atoms. The van der Waals surface area contributed by atoms with Gasteiger partial charge in [-0.05, 0) is 63.8 Å². The van der Waals surface area contributed by atoms with E-state index in [9.17, 15) is 9.59 Å². The normalized spacial score (nSPS) is 14.4. The van der Waals surface area contributed by atoms with Crippen LogP contribution < -0.4 is 5.32 Å². The SMILES string of the molecule is C=C(C)CN(CC)C(=O)C1CCN(C(=O)c2csc(Nc3ccc(C)c(C)c3)n2)CC1. The molecule has 0 radical (unpaired) electrons. The number of anilines is 2. The maximum absolute atomic E-state index is 12.9. The Bertz CT molecular complexity index is 960. The summed E-state index contributed by atoms with van der Waals surface area (Å²) in [6.07, 6.45) is 1.38. The van der Waals surface area contributed by atoms with Gasteiger partial charge in [0.25, 0.3) is 5.91 Å². The van der Waals surface area contributed by atoms with Crippen LogP contribution in [0.2, 0.25) is 0 Å². The highest BCUT2D eigenvalue weighted by Crippen LogP contribution is 2.25. The van der Waals surface area contributed by atoms with E-state index < -0.39 is 0 Å². The number of aryl methyl sites for hydroxylation is 2. The zero-order valence-electron chi connectivity index (χ0n) is 18.9. The number of likely N-dealkylation sites (N-methyl/N-ethyl adjacent to an activating group) is 1. The summed E-state index contributed by atoms with van der Waals surface area (Å²) in [6, 6.07) is 6.16. The number of thiazole rings is 1. The van der Waals surface area contributed by atoms with Gasteiger partial charge in [-0.15, -0.1) is 11.3 Å². The zero-order valence-corrected chi connectivity index (χ0v) is 19.7. The van der Waals surface area contributed by atoms with Crippen LogP contribution in [0.1, 0.15) is 48.3 Å². The first-order valence-corrected chi connectivity index (χ1v) is 11.7. The molecular formula is C24H32N4O2S. The summed E-state index contributed by atoms with van der Waals surface area (Å²) in [5.74, 6) is 0.0801. The predicted molar refractivity (Wildman–Crippen MR) is 127 cm³/mol. The maximum Gasteiger partial charge on any atom is 0.273 e. The van der Waals surface area contributed by atoms with Crippen LogP contribution in [0.3, 0.4) is 0 Å².